The molecule has 0 radical (unpaired) electrons. The number of hydrogen-bond acceptors (Lipinski definition) is 4. The Morgan fingerprint density at radius 3 is 2.76 bits per heavy atom. The first kappa shape index (κ1) is 12.2. The van der Waals surface area contributed by atoms with Gasteiger partial charge in [0.25, 0.3) is 0 Å². The Kier molecular flexibility index (Phi) is 3.84. The monoisotopic (exact) mass is 235 g/mol. The van der Waals surface area contributed by atoms with Gasteiger partial charge >= 0.3 is 0 Å². The number of hydrogen-bond donors (Lipinski definition) is 1. The normalized spacial score (nSPS) is 17.2. The lowest BCUT2D eigenvalue weighted by atomic mass is 9.97. The summed E-state index contributed by atoms with van der Waals surface area (Å²) < 4.78 is 5.38. The van der Waals surface area contributed by atoms with Gasteiger partial charge in [0.15, 0.2) is 5.75 Å². The number of aromatic nitrogens is 1. The van der Waals surface area contributed by atoms with E-state index < -0.39 is 0 Å². The Labute approximate surface area is 103 Å². The molecule has 1 aliphatic heterocycles. The highest BCUT2D eigenvalue weighted by Gasteiger charge is 2.20. The maximum atomic E-state index is 5.71. The zero-order valence-electron chi connectivity index (χ0n) is 10.6. The summed E-state index contributed by atoms with van der Waals surface area (Å²) in [6, 6.07) is 2.10. The number of anilines is 1. The number of rotatable bonds is 3. The summed E-state index contributed by atoms with van der Waals surface area (Å²) in [7, 11) is 1.70. The van der Waals surface area contributed by atoms with Crippen LogP contribution in [-0.2, 0) is 0 Å². The highest BCUT2D eigenvalue weighted by atomic mass is 16.5. The minimum atomic E-state index is 0.681. The molecular weight excluding hydrogens is 214 g/mol. The van der Waals surface area contributed by atoms with Crippen LogP contribution < -0.4 is 15.4 Å². The van der Waals surface area contributed by atoms with E-state index in [2.05, 4.69) is 16.0 Å². The fourth-order valence-electron chi connectivity index (χ4n) is 2.35. The van der Waals surface area contributed by atoms with Gasteiger partial charge in [-0.1, -0.05) is 0 Å². The molecule has 0 amide bonds. The Balaban J connectivity index is 2.14. The van der Waals surface area contributed by atoms with E-state index >= 15 is 0 Å². The van der Waals surface area contributed by atoms with Gasteiger partial charge in [0, 0.05) is 18.8 Å². The fourth-order valence-corrected chi connectivity index (χ4v) is 2.35. The van der Waals surface area contributed by atoms with Crippen LogP contribution >= 0.6 is 0 Å². The predicted molar refractivity (Wildman–Crippen MR) is 69.5 cm³/mol. The molecule has 1 saturated heterocycles. The number of aryl methyl sites for hydroxylation is 1. The van der Waals surface area contributed by atoms with E-state index in [9.17, 15) is 0 Å². The van der Waals surface area contributed by atoms with Crippen molar-refractivity contribution in [3.63, 3.8) is 0 Å². The standard InChI is InChI=1S/C13H21N3O/c1-10-7-12(13(17-2)9-15-10)16-5-3-11(8-14)4-6-16/h7,9,11H,3-6,8,14H2,1-2H3. The van der Waals surface area contributed by atoms with Crippen LogP contribution in [-0.4, -0.2) is 31.7 Å². The molecule has 4 nitrogen and oxygen atoms in total. The third-order valence-electron chi connectivity index (χ3n) is 3.49. The molecule has 1 aromatic rings. The Bertz CT molecular complexity index is 373. The van der Waals surface area contributed by atoms with Gasteiger partial charge in [-0.25, -0.2) is 0 Å². The minimum absolute atomic E-state index is 0.681. The van der Waals surface area contributed by atoms with E-state index in [1.807, 2.05) is 6.92 Å². The molecule has 0 atom stereocenters. The quantitative estimate of drug-likeness (QED) is 0.864. The van der Waals surface area contributed by atoms with Crippen molar-refractivity contribution in [2.24, 2.45) is 11.7 Å². The molecule has 0 bridgehead atoms. The highest BCUT2D eigenvalue weighted by Crippen LogP contribution is 2.31. The van der Waals surface area contributed by atoms with Crippen molar-refractivity contribution in [1.82, 2.24) is 4.98 Å². The first-order valence-electron chi connectivity index (χ1n) is 6.20. The summed E-state index contributed by atoms with van der Waals surface area (Å²) in [6.07, 6.45) is 4.14. The molecule has 1 fully saturated rings. The molecular formula is C13H21N3O. The van der Waals surface area contributed by atoms with Gasteiger partial charge < -0.3 is 15.4 Å². The Hall–Kier alpha value is -1.29. The van der Waals surface area contributed by atoms with Crippen LogP contribution in [0.1, 0.15) is 18.5 Å². The molecule has 0 aromatic carbocycles. The van der Waals surface area contributed by atoms with Crippen molar-refractivity contribution in [3.8, 4) is 5.75 Å². The van der Waals surface area contributed by atoms with Gasteiger partial charge in [-0.2, -0.15) is 0 Å². The van der Waals surface area contributed by atoms with Crippen LogP contribution in [0, 0.1) is 12.8 Å². The van der Waals surface area contributed by atoms with Crippen LogP contribution in [0.2, 0.25) is 0 Å². The molecule has 2 rings (SSSR count). The second kappa shape index (κ2) is 5.36. The van der Waals surface area contributed by atoms with Gasteiger partial charge in [-0.15, -0.1) is 0 Å². The van der Waals surface area contributed by atoms with Crippen molar-refractivity contribution in [2.75, 3.05) is 31.6 Å². The summed E-state index contributed by atoms with van der Waals surface area (Å²) in [5.41, 5.74) is 7.91. The molecule has 4 heteroatoms. The summed E-state index contributed by atoms with van der Waals surface area (Å²) >= 11 is 0. The molecule has 94 valence electrons. The zero-order valence-corrected chi connectivity index (χ0v) is 10.6. The lowest BCUT2D eigenvalue weighted by molar-refractivity contribution is 0.395. The highest BCUT2D eigenvalue weighted by molar-refractivity contribution is 5.58. The van der Waals surface area contributed by atoms with Crippen molar-refractivity contribution < 1.29 is 4.74 Å². The van der Waals surface area contributed by atoms with E-state index in [1.165, 1.54) is 12.8 Å². The molecule has 0 saturated carbocycles. The molecule has 1 aliphatic rings. The molecule has 2 heterocycles. The van der Waals surface area contributed by atoms with Gasteiger partial charge in [-0.3, -0.25) is 4.98 Å². The minimum Gasteiger partial charge on any atom is -0.493 e. The Morgan fingerprint density at radius 1 is 1.47 bits per heavy atom. The first-order valence-corrected chi connectivity index (χ1v) is 6.20. The number of piperidine rings is 1. The molecule has 1 aromatic heterocycles. The van der Waals surface area contributed by atoms with E-state index in [0.29, 0.717) is 5.92 Å². The number of pyridine rings is 1. The predicted octanol–water partition coefficient (Wildman–Crippen LogP) is 1.57. The molecule has 0 spiro atoms. The Morgan fingerprint density at radius 2 is 2.18 bits per heavy atom. The molecule has 0 unspecified atom stereocenters. The third-order valence-corrected chi connectivity index (χ3v) is 3.49. The second-order valence-electron chi connectivity index (χ2n) is 4.66. The number of methoxy groups -OCH3 is 1. The van der Waals surface area contributed by atoms with Crippen molar-refractivity contribution >= 4 is 5.69 Å². The van der Waals surface area contributed by atoms with E-state index in [4.69, 9.17) is 10.5 Å². The SMILES string of the molecule is COc1cnc(C)cc1N1CCC(CN)CC1. The summed E-state index contributed by atoms with van der Waals surface area (Å²) in [6.45, 7) is 4.93. The van der Waals surface area contributed by atoms with Crippen molar-refractivity contribution in [2.45, 2.75) is 19.8 Å². The van der Waals surface area contributed by atoms with Crippen molar-refractivity contribution in [1.29, 1.82) is 0 Å². The maximum Gasteiger partial charge on any atom is 0.160 e. The molecule has 2 N–H and O–H groups in total. The smallest absolute Gasteiger partial charge is 0.160 e. The van der Waals surface area contributed by atoms with Gasteiger partial charge in [-0.05, 0) is 38.3 Å². The van der Waals surface area contributed by atoms with Gasteiger partial charge in [0.2, 0.25) is 0 Å². The number of nitrogens with zero attached hydrogens (tertiary/aromatic N) is 2. The number of nitrogens with two attached hydrogens (primary N) is 1. The maximum absolute atomic E-state index is 5.71. The zero-order chi connectivity index (χ0) is 12.3. The van der Waals surface area contributed by atoms with Crippen LogP contribution in [0.15, 0.2) is 12.3 Å². The topological polar surface area (TPSA) is 51.4 Å². The lowest BCUT2D eigenvalue weighted by Gasteiger charge is -2.33. The number of ether oxygens (including phenoxy) is 1. The van der Waals surface area contributed by atoms with Crippen LogP contribution in [0.25, 0.3) is 0 Å². The van der Waals surface area contributed by atoms with Gasteiger partial charge in [0.1, 0.15) is 0 Å². The van der Waals surface area contributed by atoms with Crippen molar-refractivity contribution in [3.05, 3.63) is 18.0 Å². The average Bonchev–Trinajstić information content (AvgIpc) is 2.39. The van der Waals surface area contributed by atoms with E-state index in [0.717, 1.165) is 36.8 Å². The summed E-state index contributed by atoms with van der Waals surface area (Å²) in [5, 5.41) is 0. The lowest BCUT2D eigenvalue weighted by Crippen LogP contribution is -2.36. The van der Waals surface area contributed by atoms with Crippen LogP contribution in [0.4, 0.5) is 5.69 Å². The van der Waals surface area contributed by atoms with Crippen LogP contribution in [0.5, 0.6) is 5.75 Å². The fraction of sp³-hybridized carbons (Fsp3) is 0.615. The second-order valence-corrected chi connectivity index (χ2v) is 4.66. The average molecular weight is 235 g/mol. The van der Waals surface area contributed by atoms with Gasteiger partial charge in [0.05, 0.1) is 19.0 Å². The van der Waals surface area contributed by atoms with Crippen LogP contribution in [0.3, 0.4) is 0 Å². The van der Waals surface area contributed by atoms with E-state index in [-0.39, 0.29) is 0 Å². The molecule has 17 heavy (non-hydrogen) atoms. The first-order chi connectivity index (χ1) is 8.24. The summed E-state index contributed by atoms with van der Waals surface area (Å²) in [4.78, 5) is 6.64. The molecule has 0 aliphatic carbocycles. The third kappa shape index (κ3) is 2.69. The summed E-state index contributed by atoms with van der Waals surface area (Å²) in [5.74, 6) is 1.54. The largest absolute Gasteiger partial charge is 0.493 e. The van der Waals surface area contributed by atoms with E-state index in [1.54, 1.807) is 13.3 Å².